The third kappa shape index (κ3) is 3.95. The summed E-state index contributed by atoms with van der Waals surface area (Å²) in [6.45, 7) is 7.82. The van der Waals surface area contributed by atoms with Crippen molar-refractivity contribution in [2.75, 3.05) is 6.61 Å². The summed E-state index contributed by atoms with van der Waals surface area (Å²) >= 11 is 0. The van der Waals surface area contributed by atoms with Gasteiger partial charge in [-0.15, -0.1) is 0 Å². The molecule has 0 bridgehead atoms. The van der Waals surface area contributed by atoms with Crippen LogP contribution in [0, 0.1) is 11.2 Å². The zero-order valence-corrected chi connectivity index (χ0v) is 11.2. The fourth-order valence-corrected chi connectivity index (χ4v) is 1.52. The summed E-state index contributed by atoms with van der Waals surface area (Å²) in [4.78, 5) is 15.4. The van der Waals surface area contributed by atoms with Gasteiger partial charge in [0.15, 0.2) is 0 Å². The summed E-state index contributed by atoms with van der Waals surface area (Å²) in [7, 11) is 0. The van der Waals surface area contributed by atoms with E-state index in [-0.39, 0.29) is 17.8 Å². The van der Waals surface area contributed by atoms with Crippen LogP contribution in [-0.2, 0) is 4.74 Å². The molecule has 0 fully saturated rings. The van der Waals surface area contributed by atoms with Gasteiger partial charge in [-0.05, 0) is 24.6 Å². The number of amides is 1. The second kappa shape index (κ2) is 5.76. The normalized spacial score (nSPS) is 12.4. The monoisotopic (exact) mass is 251 g/mol. The number of halogens is 1. The van der Waals surface area contributed by atoms with E-state index in [9.17, 15) is 9.18 Å². The van der Waals surface area contributed by atoms with E-state index < -0.39 is 6.09 Å². The Balaban J connectivity index is 3.14. The van der Waals surface area contributed by atoms with Crippen molar-refractivity contribution in [1.29, 1.82) is 0 Å². The molecule has 0 spiro atoms. The van der Waals surface area contributed by atoms with Crippen molar-refractivity contribution in [2.24, 2.45) is 10.4 Å². The van der Waals surface area contributed by atoms with Gasteiger partial charge in [-0.25, -0.2) is 9.18 Å². The fraction of sp³-hybridized carbons (Fsp3) is 0.429. The fourth-order valence-electron chi connectivity index (χ4n) is 1.52. The topological polar surface area (TPSA) is 38.7 Å². The van der Waals surface area contributed by atoms with Gasteiger partial charge in [0.2, 0.25) is 0 Å². The average molecular weight is 251 g/mol. The van der Waals surface area contributed by atoms with Crippen LogP contribution in [0.15, 0.2) is 29.3 Å². The maximum atomic E-state index is 12.9. The van der Waals surface area contributed by atoms with Gasteiger partial charge in [-0.2, -0.15) is 4.99 Å². The van der Waals surface area contributed by atoms with E-state index in [1.807, 2.05) is 20.8 Å². The van der Waals surface area contributed by atoms with E-state index >= 15 is 0 Å². The molecule has 4 heteroatoms. The third-order valence-electron chi connectivity index (χ3n) is 2.30. The Morgan fingerprint density at radius 2 is 1.83 bits per heavy atom. The molecule has 0 aromatic heterocycles. The van der Waals surface area contributed by atoms with E-state index in [1.54, 1.807) is 19.1 Å². The van der Waals surface area contributed by atoms with Crippen molar-refractivity contribution < 1.29 is 13.9 Å². The lowest BCUT2D eigenvalue weighted by molar-refractivity contribution is 0.163. The molecule has 1 rings (SSSR count). The smallest absolute Gasteiger partial charge is 0.433 e. The largest absolute Gasteiger partial charge is 0.448 e. The molecule has 0 saturated carbocycles. The molecule has 0 atom stereocenters. The first-order valence-corrected chi connectivity index (χ1v) is 5.86. The van der Waals surface area contributed by atoms with Gasteiger partial charge in [-0.3, -0.25) is 0 Å². The summed E-state index contributed by atoms with van der Waals surface area (Å²) < 4.78 is 17.7. The van der Waals surface area contributed by atoms with E-state index in [0.717, 1.165) is 5.56 Å². The van der Waals surface area contributed by atoms with Crippen LogP contribution >= 0.6 is 0 Å². The van der Waals surface area contributed by atoms with E-state index in [2.05, 4.69) is 4.99 Å². The van der Waals surface area contributed by atoms with Crippen LogP contribution in [0.1, 0.15) is 33.3 Å². The molecule has 0 saturated heterocycles. The second-order valence-electron chi connectivity index (χ2n) is 4.92. The number of carbonyl (C=O) groups is 1. The minimum atomic E-state index is -0.619. The maximum absolute atomic E-state index is 12.9. The highest BCUT2D eigenvalue weighted by atomic mass is 19.1. The number of rotatable bonds is 2. The first kappa shape index (κ1) is 14.4. The third-order valence-corrected chi connectivity index (χ3v) is 2.30. The lowest BCUT2D eigenvalue weighted by atomic mass is 9.85. The minimum absolute atomic E-state index is 0.281. The van der Waals surface area contributed by atoms with Crippen molar-refractivity contribution >= 4 is 11.8 Å². The molecule has 1 aromatic rings. The number of hydrogen-bond acceptors (Lipinski definition) is 2. The van der Waals surface area contributed by atoms with Gasteiger partial charge >= 0.3 is 6.09 Å². The summed E-state index contributed by atoms with van der Waals surface area (Å²) in [6, 6.07) is 5.92. The molecule has 0 heterocycles. The molecule has 98 valence electrons. The lowest BCUT2D eigenvalue weighted by Crippen LogP contribution is -2.23. The van der Waals surface area contributed by atoms with Crippen molar-refractivity contribution in [3.8, 4) is 0 Å². The Bertz CT molecular complexity index is 444. The second-order valence-corrected chi connectivity index (χ2v) is 4.92. The highest BCUT2D eigenvalue weighted by molar-refractivity contribution is 6.08. The Kier molecular flexibility index (Phi) is 4.59. The molecule has 18 heavy (non-hydrogen) atoms. The molecular weight excluding hydrogens is 233 g/mol. The average Bonchev–Trinajstić information content (AvgIpc) is 2.26. The number of aliphatic imine (C=N–C) groups is 1. The van der Waals surface area contributed by atoms with Crippen LogP contribution in [0.4, 0.5) is 9.18 Å². The molecule has 0 aliphatic heterocycles. The van der Waals surface area contributed by atoms with Crippen LogP contribution in [-0.4, -0.2) is 18.4 Å². The summed E-state index contributed by atoms with van der Waals surface area (Å²) in [5, 5.41) is 0. The Morgan fingerprint density at radius 3 is 2.28 bits per heavy atom. The molecule has 3 nitrogen and oxygen atoms in total. The lowest BCUT2D eigenvalue weighted by Gasteiger charge is -2.21. The van der Waals surface area contributed by atoms with Crippen LogP contribution in [0.2, 0.25) is 0 Å². The molecule has 1 aromatic carbocycles. The SMILES string of the molecule is CCOC(=O)/N=C(\c1ccc(F)cc1)C(C)(C)C. The quantitative estimate of drug-likeness (QED) is 0.749. The van der Waals surface area contributed by atoms with Gasteiger partial charge in [0, 0.05) is 5.41 Å². The predicted octanol–water partition coefficient (Wildman–Crippen LogP) is 3.82. The molecule has 0 radical (unpaired) electrons. The Hall–Kier alpha value is -1.71. The standard InChI is InChI=1S/C14H18FNO2/c1-5-18-13(17)16-12(14(2,3)4)10-6-8-11(15)9-7-10/h6-9H,5H2,1-4H3/b16-12+. The first-order chi connectivity index (χ1) is 8.34. The summed E-state index contributed by atoms with van der Waals surface area (Å²) in [5.41, 5.74) is 0.975. The van der Waals surface area contributed by atoms with Crippen LogP contribution < -0.4 is 0 Å². The van der Waals surface area contributed by atoms with Crippen molar-refractivity contribution in [3.63, 3.8) is 0 Å². The van der Waals surface area contributed by atoms with Gasteiger partial charge in [0.1, 0.15) is 5.82 Å². The molecular formula is C14H18FNO2. The van der Waals surface area contributed by atoms with Crippen LogP contribution in [0.25, 0.3) is 0 Å². The zero-order chi connectivity index (χ0) is 13.8. The van der Waals surface area contributed by atoms with Crippen molar-refractivity contribution in [1.82, 2.24) is 0 Å². The van der Waals surface area contributed by atoms with E-state index in [4.69, 9.17) is 4.74 Å². The molecule has 1 amide bonds. The highest BCUT2D eigenvalue weighted by Gasteiger charge is 2.22. The van der Waals surface area contributed by atoms with Crippen molar-refractivity contribution in [3.05, 3.63) is 35.6 Å². The highest BCUT2D eigenvalue weighted by Crippen LogP contribution is 2.22. The molecule has 0 unspecified atom stereocenters. The van der Waals surface area contributed by atoms with Crippen molar-refractivity contribution in [2.45, 2.75) is 27.7 Å². The Morgan fingerprint density at radius 1 is 1.28 bits per heavy atom. The molecule has 0 N–H and O–H groups in total. The van der Waals surface area contributed by atoms with Gasteiger partial charge in [-0.1, -0.05) is 32.9 Å². The molecule has 0 aliphatic rings. The number of benzene rings is 1. The summed E-state index contributed by atoms with van der Waals surface area (Å²) in [5.74, 6) is -0.317. The van der Waals surface area contributed by atoms with Crippen LogP contribution in [0.3, 0.4) is 0 Å². The number of carbonyl (C=O) groups excluding carboxylic acids is 1. The number of nitrogens with zero attached hydrogens (tertiary/aromatic N) is 1. The van der Waals surface area contributed by atoms with E-state index in [0.29, 0.717) is 5.71 Å². The number of ether oxygens (including phenoxy) is 1. The zero-order valence-electron chi connectivity index (χ0n) is 11.2. The van der Waals surface area contributed by atoms with Gasteiger partial charge in [0.25, 0.3) is 0 Å². The van der Waals surface area contributed by atoms with E-state index in [1.165, 1.54) is 12.1 Å². The van der Waals surface area contributed by atoms with Gasteiger partial charge < -0.3 is 4.74 Å². The van der Waals surface area contributed by atoms with Gasteiger partial charge in [0.05, 0.1) is 12.3 Å². The van der Waals surface area contributed by atoms with Crippen LogP contribution in [0.5, 0.6) is 0 Å². The first-order valence-electron chi connectivity index (χ1n) is 5.86. The minimum Gasteiger partial charge on any atom is -0.448 e. The predicted molar refractivity (Wildman–Crippen MR) is 69.4 cm³/mol. The maximum Gasteiger partial charge on any atom is 0.433 e. The summed E-state index contributed by atoms with van der Waals surface area (Å²) in [6.07, 6.45) is -0.619. The number of hydrogen-bond donors (Lipinski definition) is 0. The molecule has 0 aliphatic carbocycles. The Labute approximate surface area is 107 Å².